The zero-order valence-corrected chi connectivity index (χ0v) is 17.6. The number of carbonyl (C=O) groups is 1. The average molecular weight is 428 g/mol. The van der Waals surface area contributed by atoms with Crippen molar-refractivity contribution in [2.24, 2.45) is 0 Å². The highest BCUT2D eigenvalue weighted by molar-refractivity contribution is 6.05. The first-order valence-corrected chi connectivity index (χ1v) is 9.89. The lowest BCUT2D eigenvalue weighted by molar-refractivity contribution is -0.385. The topological polar surface area (TPSA) is 126 Å². The van der Waals surface area contributed by atoms with E-state index in [0.717, 1.165) is 11.8 Å². The van der Waals surface area contributed by atoms with Gasteiger partial charge in [0.25, 0.3) is 5.91 Å². The van der Waals surface area contributed by atoms with E-state index in [2.05, 4.69) is 15.5 Å². The normalized spacial score (nSPS) is 10.7. The van der Waals surface area contributed by atoms with Gasteiger partial charge in [-0.3, -0.25) is 24.3 Å². The number of nitrogens with one attached hydrogen (secondary N) is 1. The molecule has 0 bridgehead atoms. The lowest BCUT2D eigenvalue weighted by Gasteiger charge is -2.12. The SMILES string of the molecule is CCOc1ccc(Cn2cc(NC(=O)c3c([N+](=O)[O-])cnn3CC)cn2)cc1OCC. The molecule has 0 aliphatic heterocycles. The lowest BCUT2D eigenvalue weighted by Crippen LogP contribution is -2.18. The third-order valence-electron chi connectivity index (χ3n) is 4.37. The number of ether oxygens (including phenoxy) is 2. The molecule has 3 aromatic rings. The van der Waals surface area contributed by atoms with Crippen LogP contribution in [0.4, 0.5) is 11.4 Å². The number of nitrogens with zero attached hydrogens (tertiary/aromatic N) is 5. The van der Waals surface area contributed by atoms with Crippen molar-refractivity contribution >= 4 is 17.3 Å². The molecule has 31 heavy (non-hydrogen) atoms. The number of nitro groups is 1. The Morgan fingerprint density at radius 2 is 1.87 bits per heavy atom. The Hall–Kier alpha value is -3.89. The first-order valence-electron chi connectivity index (χ1n) is 9.89. The van der Waals surface area contributed by atoms with Crippen molar-refractivity contribution < 1.29 is 19.2 Å². The van der Waals surface area contributed by atoms with Gasteiger partial charge in [-0.2, -0.15) is 10.2 Å². The zero-order chi connectivity index (χ0) is 22.4. The fourth-order valence-corrected chi connectivity index (χ4v) is 3.07. The third-order valence-corrected chi connectivity index (χ3v) is 4.37. The van der Waals surface area contributed by atoms with E-state index in [1.165, 1.54) is 10.9 Å². The van der Waals surface area contributed by atoms with Gasteiger partial charge in [0.05, 0.1) is 36.6 Å². The summed E-state index contributed by atoms with van der Waals surface area (Å²) >= 11 is 0. The molecule has 0 spiro atoms. The molecule has 2 aromatic heterocycles. The van der Waals surface area contributed by atoms with Gasteiger partial charge in [-0.25, -0.2) is 0 Å². The van der Waals surface area contributed by atoms with Gasteiger partial charge < -0.3 is 14.8 Å². The van der Waals surface area contributed by atoms with E-state index in [-0.39, 0.29) is 11.4 Å². The Morgan fingerprint density at radius 1 is 1.13 bits per heavy atom. The Bertz CT molecular complexity index is 1070. The largest absolute Gasteiger partial charge is 0.490 e. The Kier molecular flexibility index (Phi) is 6.85. The molecule has 0 saturated heterocycles. The van der Waals surface area contributed by atoms with Gasteiger partial charge in [0.15, 0.2) is 11.5 Å². The second kappa shape index (κ2) is 9.74. The monoisotopic (exact) mass is 428 g/mol. The standard InChI is InChI=1S/C20H24N6O5/c1-4-25-19(16(11-22-25)26(28)29)20(27)23-15-10-21-24(13-15)12-14-7-8-17(30-5-2)18(9-14)31-6-3/h7-11,13H,4-6,12H2,1-3H3,(H,23,27). The quantitative estimate of drug-likeness (QED) is 0.388. The molecule has 0 aliphatic rings. The van der Waals surface area contributed by atoms with Crippen molar-refractivity contribution in [1.82, 2.24) is 19.6 Å². The molecule has 0 radical (unpaired) electrons. The summed E-state index contributed by atoms with van der Waals surface area (Å²) in [6.45, 7) is 7.38. The summed E-state index contributed by atoms with van der Waals surface area (Å²) in [5.74, 6) is 0.712. The van der Waals surface area contributed by atoms with Crippen LogP contribution < -0.4 is 14.8 Å². The molecule has 0 saturated carbocycles. The first-order chi connectivity index (χ1) is 15.0. The minimum absolute atomic E-state index is 0.104. The van der Waals surface area contributed by atoms with Crippen LogP contribution in [0, 0.1) is 10.1 Å². The maximum atomic E-state index is 12.6. The lowest BCUT2D eigenvalue weighted by atomic mass is 10.2. The van der Waals surface area contributed by atoms with Crippen LogP contribution in [0.1, 0.15) is 36.8 Å². The van der Waals surface area contributed by atoms with Crippen LogP contribution in [0.5, 0.6) is 11.5 Å². The van der Waals surface area contributed by atoms with E-state index in [1.807, 2.05) is 32.0 Å². The maximum absolute atomic E-state index is 12.6. The molecular weight excluding hydrogens is 404 g/mol. The summed E-state index contributed by atoms with van der Waals surface area (Å²) in [7, 11) is 0. The third kappa shape index (κ3) is 5.00. The fraction of sp³-hybridized carbons (Fsp3) is 0.350. The fourth-order valence-electron chi connectivity index (χ4n) is 3.07. The average Bonchev–Trinajstić information content (AvgIpc) is 3.37. The summed E-state index contributed by atoms with van der Waals surface area (Å²) in [5.41, 5.74) is 0.907. The Labute approximate surface area is 178 Å². The second-order valence-electron chi connectivity index (χ2n) is 6.48. The van der Waals surface area contributed by atoms with Crippen LogP contribution in [-0.2, 0) is 13.1 Å². The van der Waals surface area contributed by atoms with E-state index < -0.39 is 10.8 Å². The summed E-state index contributed by atoms with van der Waals surface area (Å²) < 4.78 is 14.1. The molecule has 1 aromatic carbocycles. The van der Waals surface area contributed by atoms with Crippen LogP contribution in [0.25, 0.3) is 0 Å². The van der Waals surface area contributed by atoms with Crippen LogP contribution in [0.2, 0.25) is 0 Å². The maximum Gasteiger partial charge on any atom is 0.320 e. The zero-order valence-electron chi connectivity index (χ0n) is 17.6. The van der Waals surface area contributed by atoms with Crippen LogP contribution in [0.3, 0.4) is 0 Å². The highest BCUT2D eigenvalue weighted by Crippen LogP contribution is 2.29. The second-order valence-corrected chi connectivity index (χ2v) is 6.48. The van der Waals surface area contributed by atoms with Crippen LogP contribution >= 0.6 is 0 Å². The molecule has 11 heteroatoms. The van der Waals surface area contributed by atoms with Crippen molar-refractivity contribution in [2.45, 2.75) is 33.9 Å². The Morgan fingerprint density at radius 3 is 2.55 bits per heavy atom. The molecule has 1 amide bonds. The van der Waals surface area contributed by atoms with Crippen molar-refractivity contribution in [1.29, 1.82) is 0 Å². The van der Waals surface area contributed by atoms with Crippen molar-refractivity contribution in [3.05, 3.63) is 58.2 Å². The van der Waals surface area contributed by atoms with Gasteiger partial charge >= 0.3 is 5.69 Å². The molecule has 2 heterocycles. The highest BCUT2D eigenvalue weighted by atomic mass is 16.6. The predicted molar refractivity (Wildman–Crippen MR) is 113 cm³/mol. The number of benzene rings is 1. The van der Waals surface area contributed by atoms with Crippen molar-refractivity contribution in [3.8, 4) is 11.5 Å². The van der Waals surface area contributed by atoms with E-state index >= 15 is 0 Å². The van der Waals surface area contributed by atoms with Gasteiger partial charge in [0.2, 0.25) is 5.69 Å². The predicted octanol–water partition coefficient (Wildman–Crippen LogP) is 3.11. The summed E-state index contributed by atoms with van der Waals surface area (Å²) in [4.78, 5) is 23.2. The van der Waals surface area contributed by atoms with E-state index in [4.69, 9.17) is 9.47 Å². The minimum atomic E-state index is -0.626. The van der Waals surface area contributed by atoms with Crippen LogP contribution in [0.15, 0.2) is 36.8 Å². The molecule has 0 fully saturated rings. The molecule has 1 N–H and O–H groups in total. The number of amides is 1. The minimum Gasteiger partial charge on any atom is -0.490 e. The Balaban J connectivity index is 1.74. The van der Waals surface area contributed by atoms with Gasteiger partial charge in [-0.15, -0.1) is 0 Å². The number of carbonyl (C=O) groups excluding carboxylic acids is 1. The first kappa shape index (κ1) is 21.8. The van der Waals surface area contributed by atoms with Crippen molar-refractivity contribution in [3.63, 3.8) is 0 Å². The number of hydrogen-bond acceptors (Lipinski definition) is 7. The number of anilines is 1. The molecule has 11 nitrogen and oxygen atoms in total. The molecular formula is C20H24N6O5. The van der Waals surface area contributed by atoms with Crippen LogP contribution in [-0.4, -0.2) is 43.6 Å². The molecule has 0 unspecified atom stereocenters. The number of aryl methyl sites for hydroxylation is 1. The number of rotatable bonds is 10. The highest BCUT2D eigenvalue weighted by Gasteiger charge is 2.26. The summed E-state index contributed by atoms with van der Waals surface area (Å²) in [5, 5.41) is 22.0. The van der Waals surface area contributed by atoms with E-state index in [1.54, 1.807) is 17.8 Å². The van der Waals surface area contributed by atoms with Gasteiger partial charge in [0.1, 0.15) is 6.20 Å². The smallest absolute Gasteiger partial charge is 0.320 e. The van der Waals surface area contributed by atoms with Crippen molar-refractivity contribution in [2.75, 3.05) is 18.5 Å². The molecule has 164 valence electrons. The van der Waals surface area contributed by atoms with E-state index in [0.29, 0.717) is 43.5 Å². The summed E-state index contributed by atoms with van der Waals surface area (Å²) in [6.07, 6.45) is 4.20. The molecule has 0 atom stereocenters. The molecule has 3 rings (SSSR count). The van der Waals surface area contributed by atoms with E-state index in [9.17, 15) is 14.9 Å². The van der Waals surface area contributed by atoms with Gasteiger partial charge in [-0.05, 0) is 38.5 Å². The summed E-state index contributed by atoms with van der Waals surface area (Å²) in [6, 6.07) is 5.65. The number of aromatic nitrogens is 4. The van der Waals surface area contributed by atoms with Gasteiger partial charge in [-0.1, -0.05) is 6.07 Å². The number of hydrogen-bond donors (Lipinski definition) is 1. The molecule has 0 aliphatic carbocycles. The van der Waals surface area contributed by atoms with Gasteiger partial charge in [0, 0.05) is 12.7 Å².